The van der Waals surface area contributed by atoms with Gasteiger partial charge in [0.2, 0.25) is 5.91 Å². The number of anilines is 1. The SMILES string of the molecule is CC(=O)NCC1CN(c2ccc(C3(C#N)CC3)c(F)c2)C(=O)O1. The van der Waals surface area contributed by atoms with E-state index < -0.39 is 23.4 Å². The molecule has 7 heteroatoms. The van der Waals surface area contributed by atoms with Gasteiger partial charge in [-0.25, -0.2) is 9.18 Å². The second-order valence-corrected chi connectivity index (χ2v) is 5.91. The Labute approximate surface area is 132 Å². The number of nitrogens with zero attached hydrogens (tertiary/aromatic N) is 2. The third-order valence-corrected chi connectivity index (χ3v) is 4.20. The zero-order chi connectivity index (χ0) is 16.6. The lowest BCUT2D eigenvalue weighted by Gasteiger charge is -2.15. The fraction of sp³-hybridized carbons (Fsp3) is 0.438. The Morgan fingerprint density at radius 2 is 2.30 bits per heavy atom. The Morgan fingerprint density at radius 1 is 1.57 bits per heavy atom. The van der Waals surface area contributed by atoms with Crippen molar-refractivity contribution in [2.24, 2.45) is 0 Å². The second kappa shape index (κ2) is 5.54. The van der Waals surface area contributed by atoms with Gasteiger partial charge in [0, 0.05) is 12.5 Å². The largest absolute Gasteiger partial charge is 0.442 e. The normalized spacial score (nSPS) is 21.5. The molecule has 1 heterocycles. The smallest absolute Gasteiger partial charge is 0.414 e. The van der Waals surface area contributed by atoms with Gasteiger partial charge in [0.05, 0.1) is 30.3 Å². The molecule has 0 radical (unpaired) electrons. The minimum absolute atomic E-state index is 0.207. The molecule has 6 nitrogen and oxygen atoms in total. The molecular weight excluding hydrogens is 301 g/mol. The van der Waals surface area contributed by atoms with Crippen LogP contribution in [0.4, 0.5) is 14.9 Å². The number of rotatable bonds is 4. The third kappa shape index (κ3) is 2.84. The number of amides is 2. The van der Waals surface area contributed by atoms with Crippen LogP contribution in [0.5, 0.6) is 0 Å². The molecule has 1 saturated heterocycles. The summed E-state index contributed by atoms with van der Waals surface area (Å²) in [6.45, 7) is 1.84. The molecule has 0 spiro atoms. The van der Waals surface area contributed by atoms with Crippen LogP contribution in [-0.4, -0.2) is 31.2 Å². The number of ether oxygens (including phenoxy) is 1. The fourth-order valence-electron chi connectivity index (χ4n) is 2.72. The van der Waals surface area contributed by atoms with Crippen LogP contribution in [0.3, 0.4) is 0 Å². The van der Waals surface area contributed by atoms with Gasteiger partial charge >= 0.3 is 6.09 Å². The molecule has 1 saturated carbocycles. The molecule has 1 atom stereocenters. The maximum absolute atomic E-state index is 14.3. The molecular formula is C16H16FN3O3. The van der Waals surface area contributed by atoms with Crippen LogP contribution in [0.15, 0.2) is 18.2 Å². The van der Waals surface area contributed by atoms with E-state index in [9.17, 15) is 14.0 Å². The predicted molar refractivity (Wildman–Crippen MR) is 79.2 cm³/mol. The summed E-state index contributed by atoms with van der Waals surface area (Å²) in [5.41, 5.74) is 0.0589. The molecule has 1 aromatic rings. The first-order valence-corrected chi connectivity index (χ1v) is 7.39. The summed E-state index contributed by atoms with van der Waals surface area (Å²) in [7, 11) is 0. The molecule has 0 aromatic heterocycles. The summed E-state index contributed by atoms with van der Waals surface area (Å²) >= 11 is 0. The molecule has 1 unspecified atom stereocenters. The van der Waals surface area contributed by atoms with Crippen molar-refractivity contribution >= 4 is 17.7 Å². The lowest BCUT2D eigenvalue weighted by Crippen LogP contribution is -2.33. The van der Waals surface area contributed by atoms with Crippen molar-refractivity contribution in [1.82, 2.24) is 5.32 Å². The summed E-state index contributed by atoms with van der Waals surface area (Å²) in [6, 6.07) is 6.60. The van der Waals surface area contributed by atoms with Crippen molar-refractivity contribution in [2.45, 2.75) is 31.3 Å². The van der Waals surface area contributed by atoms with Crippen LogP contribution in [0.1, 0.15) is 25.3 Å². The van der Waals surface area contributed by atoms with Crippen molar-refractivity contribution in [1.29, 1.82) is 5.26 Å². The highest BCUT2D eigenvalue weighted by atomic mass is 19.1. The van der Waals surface area contributed by atoms with Gasteiger partial charge in [-0.15, -0.1) is 0 Å². The first kappa shape index (κ1) is 15.3. The number of cyclic esters (lactones) is 1. The molecule has 1 N–H and O–H groups in total. The Hall–Kier alpha value is -2.62. The number of halogens is 1. The highest BCUT2D eigenvalue weighted by molar-refractivity contribution is 5.89. The summed E-state index contributed by atoms with van der Waals surface area (Å²) in [5.74, 6) is -0.694. The second-order valence-electron chi connectivity index (χ2n) is 5.91. The van der Waals surface area contributed by atoms with Gasteiger partial charge < -0.3 is 10.1 Å². The molecule has 1 aliphatic carbocycles. The number of nitriles is 1. The van der Waals surface area contributed by atoms with Gasteiger partial charge in [0.25, 0.3) is 0 Å². The van der Waals surface area contributed by atoms with Gasteiger partial charge in [0.1, 0.15) is 11.9 Å². The lowest BCUT2D eigenvalue weighted by molar-refractivity contribution is -0.119. The summed E-state index contributed by atoms with van der Waals surface area (Å²) < 4.78 is 19.5. The minimum Gasteiger partial charge on any atom is -0.442 e. The Morgan fingerprint density at radius 3 is 2.87 bits per heavy atom. The van der Waals surface area contributed by atoms with Gasteiger partial charge in [-0.2, -0.15) is 5.26 Å². The maximum atomic E-state index is 14.3. The molecule has 2 amide bonds. The Balaban J connectivity index is 1.75. The first-order valence-electron chi connectivity index (χ1n) is 7.39. The van der Waals surface area contributed by atoms with Crippen molar-refractivity contribution in [3.05, 3.63) is 29.6 Å². The number of hydrogen-bond acceptors (Lipinski definition) is 4. The van der Waals surface area contributed by atoms with E-state index in [-0.39, 0.29) is 19.0 Å². The number of nitrogens with one attached hydrogen (secondary N) is 1. The van der Waals surface area contributed by atoms with E-state index >= 15 is 0 Å². The molecule has 120 valence electrons. The first-order chi connectivity index (χ1) is 10.9. The zero-order valence-electron chi connectivity index (χ0n) is 12.6. The lowest BCUT2D eigenvalue weighted by atomic mass is 9.97. The molecule has 0 bridgehead atoms. The average molecular weight is 317 g/mol. The van der Waals surface area contributed by atoms with E-state index in [1.165, 1.54) is 17.9 Å². The fourth-order valence-corrected chi connectivity index (χ4v) is 2.72. The Bertz CT molecular complexity index is 709. The maximum Gasteiger partial charge on any atom is 0.414 e. The average Bonchev–Trinajstić information content (AvgIpc) is 3.22. The van der Waals surface area contributed by atoms with Crippen LogP contribution in [-0.2, 0) is 14.9 Å². The molecule has 2 aliphatic rings. The van der Waals surface area contributed by atoms with Crippen molar-refractivity contribution in [3.8, 4) is 6.07 Å². The number of carbonyl (C=O) groups is 2. The molecule has 1 aliphatic heterocycles. The van der Waals surface area contributed by atoms with E-state index in [2.05, 4.69) is 11.4 Å². The Kier molecular flexibility index (Phi) is 3.68. The predicted octanol–water partition coefficient (Wildman–Crippen LogP) is 1.84. The van der Waals surface area contributed by atoms with Crippen LogP contribution < -0.4 is 10.2 Å². The highest BCUT2D eigenvalue weighted by Crippen LogP contribution is 2.48. The molecule has 2 fully saturated rings. The number of carbonyl (C=O) groups excluding carboxylic acids is 2. The van der Waals surface area contributed by atoms with Crippen LogP contribution in [0.2, 0.25) is 0 Å². The summed E-state index contributed by atoms with van der Waals surface area (Å²) in [5, 5.41) is 11.7. The van der Waals surface area contributed by atoms with Crippen LogP contribution in [0, 0.1) is 17.1 Å². The topological polar surface area (TPSA) is 82.4 Å². The van der Waals surface area contributed by atoms with Gasteiger partial charge in [-0.1, -0.05) is 6.07 Å². The van der Waals surface area contributed by atoms with Crippen molar-refractivity contribution in [3.63, 3.8) is 0 Å². The summed E-state index contributed by atoms with van der Waals surface area (Å²) in [4.78, 5) is 24.1. The van der Waals surface area contributed by atoms with E-state index in [0.717, 1.165) is 0 Å². The third-order valence-electron chi connectivity index (χ3n) is 4.20. The van der Waals surface area contributed by atoms with E-state index in [0.29, 0.717) is 24.1 Å². The summed E-state index contributed by atoms with van der Waals surface area (Å²) in [6.07, 6.45) is 0.270. The van der Waals surface area contributed by atoms with Crippen molar-refractivity contribution < 1.29 is 18.7 Å². The van der Waals surface area contributed by atoms with E-state index in [1.54, 1.807) is 12.1 Å². The van der Waals surface area contributed by atoms with Crippen LogP contribution >= 0.6 is 0 Å². The zero-order valence-corrected chi connectivity index (χ0v) is 12.6. The van der Waals surface area contributed by atoms with Crippen molar-refractivity contribution in [2.75, 3.05) is 18.0 Å². The quantitative estimate of drug-likeness (QED) is 0.918. The van der Waals surface area contributed by atoms with E-state index in [1.807, 2.05) is 0 Å². The number of hydrogen-bond donors (Lipinski definition) is 1. The standard InChI is InChI=1S/C16H16FN3O3/c1-10(21)19-7-12-8-20(15(22)23-12)11-2-3-13(14(17)6-11)16(9-18)4-5-16/h2-3,6,12H,4-5,7-8H2,1H3,(H,19,21). The van der Waals surface area contributed by atoms with Gasteiger partial charge in [0.15, 0.2) is 0 Å². The molecule has 1 aromatic carbocycles. The number of benzene rings is 1. The minimum atomic E-state index is -0.706. The van der Waals surface area contributed by atoms with Gasteiger partial charge in [-0.05, 0) is 25.0 Å². The van der Waals surface area contributed by atoms with Crippen LogP contribution in [0.25, 0.3) is 0 Å². The monoisotopic (exact) mass is 317 g/mol. The molecule has 23 heavy (non-hydrogen) atoms. The molecule has 3 rings (SSSR count). The van der Waals surface area contributed by atoms with Gasteiger partial charge in [-0.3, -0.25) is 9.69 Å². The van der Waals surface area contributed by atoms with E-state index in [4.69, 9.17) is 10.00 Å². The highest BCUT2D eigenvalue weighted by Gasteiger charge is 2.47.